The van der Waals surface area contributed by atoms with E-state index in [1.54, 1.807) is 0 Å². The topological polar surface area (TPSA) is 125 Å². The predicted octanol–water partition coefficient (Wildman–Crippen LogP) is -1.59. The molecule has 0 aromatic carbocycles. The molecule has 0 radical (unpaired) electrons. The quantitative estimate of drug-likeness (QED) is 0.453. The summed E-state index contributed by atoms with van der Waals surface area (Å²) in [5, 5.41) is 22.5. The van der Waals surface area contributed by atoms with Crippen LogP contribution in [0.1, 0.15) is 12.8 Å². The number of carbonyl (C=O) groups is 3. The Hall–Kier alpha value is -1.67. The van der Waals surface area contributed by atoms with Crippen molar-refractivity contribution in [2.45, 2.75) is 24.9 Å². The third-order valence-corrected chi connectivity index (χ3v) is 2.50. The van der Waals surface area contributed by atoms with Crippen LogP contribution in [0.5, 0.6) is 0 Å². The normalized spacial score (nSPS) is 21.0. The first-order valence-electron chi connectivity index (χ1n) is 5.57. The Balaban J connectivity index is 2.46. The Morgan fingerprint density at radius 3 is 2.61 bits per heavy atom. The molecule has 4 N–H and O–H groups in total. The molecule has 102 valence electrons. The summed E-state index contributed by atoms with van der Waals surface area (Å²) in [4.78, 5) is 32.9. The first kappa shape index (κ1) is 14.4. The number of carboxylic acid groups (broad SMARTS) is 2. The van der Waals surface area contributed by atoms with Gasteiger partial charge in [-0.15, -0.1) is 0 Å². The molecule has 1 aliphatic rings. The maximum Gasteiger partial charge on any atom is 0.326 e. The van der Waals surface area contributed by atoms with Crippen molar-refractivity contribution in [1.82, 2.24) is 10.6 Å². The highest BCUT2D eigenvalue weighted by molar-refractivity contribution is 5.87. The molecule has 1 fully saturated rings. The molecule has 8 nitrogen and oxygen atoms in total. The van der Waals surface area contributed by atoms with E-state index in [2.05, 4.69) is 10.6 Å². The van der Waals surface area contributed by atoms with Crippen LogP contribution in [-0.2, 0) is 19.1 Å². The number of morpholine rings is 1. The van der Waals surface area contributed by atoms with Crippen molar-refractivity contribution in [1.29, 1.82) is 0 Å². The van der Waals surface area contributed by atoms with Crippen LogP contribution in [0.3, 0.4) is 0 Å². The van der Waals surface area contributed by atoms with E-state index in [0.717, 1.165) is 0 Å². The maximum atomic E-state index is 11.7. The summed E-state index contributed by atoms with van der Waals surface area (Å²) < 4.78 is 5.08. The monoisotopic (exact) mass is 260 g/mol. The molecule has 0 saturated carbocycles. The zero-order chi connectivity index (χ0) is 13.5. The summed E-state index contributed by atoms with van der Waals surface area (Å²) in [6.45, 7) is 1.20. The van der Waals surface area contributed by atoms with Crippen LogP contribution in [0, 0.1) is 0 Å². The van der Waals surface area contributed by atoms with Crippen molar-refractivity contribution in [3.63, 3.8) is 0 Å². The van der Waals surface area contributed by atoms with Gasteiger partial charge >= 0.3 is 11.9 Å². The van der Waals surface area contributed by atoms with Crippen LogP contribution in [0.15, 0.2) is 0 Å². The molecule has 1 heterocycles. The zero-order valence-electron chi connectivity index (χ0n) is 9.72. The number of hydrogen-bond acceptors (Lipinski definition) is 5. The van der Waals surface area contributed by atoms with Crippen LogP contribution in [0.2, 0.25) is 0 Å². The molecule has 18 heavy (non-hydrogen) atoms. The lowest BCUT2D eigenvalue weighted by molar-refractivity contribution is -0.143. The van der Waals surface area contributed by atoms with Crippen molar-refractivity contribution in [3.8, 4) is 0 Å². The fourth-order valence-electron chi connectivity index (χ4n) is 1.53. The van der Waals surface area contributed by atoms with Gasteiger partial charge in [-0.1, -0.05) is 0 Å². The number of amides is 1. The average molecular weight is 260 g/mol. The third-order valence-electron chi connectivity index (χ3n) is 2.50. The minimum Gasteiger partial charge on any atom is -0.481 e. The second-order valence-corrected chi connectivity index (χ2v) is 3.91. The highest BCUT2D eigenvalue weighted by Crippen LogP contribution is 2.00. The lowest BCUT2D eigenvalue weighted by Gasteiger charge is -2.24. The molecule has 0 bridgehead atoms. The average Bonchev–Trinajstić information content (AvgIpc) is 2.34. The Morgan fingerprint density at radius 1 is 1.39 bits per heavy atom. The molecule has 1 saturated heterocycles. The lowest BCUT2D eigenvalue weighted by Crippen LogP contribution is -2.54. The number of carboxylic acids is 2. The summed E-state index contributed by atoms with van der Waals surface area (Å²) in [7, 11) is 0. The molecule has 1 amide bonds. The second-order valence-electron chi connectivity index (χ2n) is 3.91. The number of rotatable bonds is 6. The van der Waals surface area contributed by atoms with E-state index < -0.39 is 29.9 Å². The molecule has 1 rings (SSSR count). The molecule has 0 aromatic rings. The minimum atomic E-state index is -1.25. The van der Waals surface area contributed by atoms with E-state index in [-0.39, 0.29) is 19.4 Å². The van der Waals surface area contributed by atoms with Gasteiger partial charge in [-0.2, -0.15) is 0 Å². The summed E-state index contributed by atoms with van der Waals surface area (Å²) >= 11 is 0. The number of ether oxygens (including phenoxy) is 1. The predicted molar refractivity (Wildman–Crippen MR) is 59.0 cm³/mol. The van der Waals surface area contributed by atoms with Gasteiger partial charge in [0.05, 0.1) is 13.2 Å². The molecule has 2 atom stereocenters. The maximum absolute atomic E-state index is 11.7. The SMILES string of the molecule is O=C(O)CC[C@H](NC(=O)C1COCCN1)C(=O)O. The van der Waals surface area contributed by atoms with Gasteiger partial charge in [-0.25, -0.2) is 4.79 Å². The largest absolute Gasteiger partial charge is 0.481 e. The van der Waals surface area contributed by atoms with Crippen molar-refractivity contribution >= 4 is 17.8 Å². The van der Waals surface area contributed by atoms with Gasteiger partial charge in [0.25, 0.3) is 0 Å². The first-order valence-corrected chi connectivity index (χ1v) is 5.57. The third kappa shape index (κ3) is 4.68. The summed E-state index contributed by atoms with van der Waals surface area (Å²) in [6, 6.07) is -1.79. The molecule has 1 aliphatic heterocycles. The van der Waals surface area contributed by atoms with Crippen LogP contribution >= 0.6 is 0 Å². The van der Waals surface area contributed by atoms with Crippen molar-refractivity contribution < 1.29 is 29.3 Å². The standard InChI is InChI=1S/C10H16N2O6/c13-8(14)2-1-6(10(16)17)12-9(15)7-5-18-4-3-11-7/h6-7,11H,1-5H2,(H,12,15)(H,13,14)(H,16,17)/t6-,7?/m0/s1. The molecular formula is C10H16N2O6. The highest BCUT2D eigenvalue weighted by Gasteiger charge is 2.26. The summed E-state index contributed by atoms with van der Waals surface area (Å²) in [6.07, 6.45) is -0.462. The van der Waals surface area contributed by atoms with Crippen LogP contribution in [0.25, 0.3) is 0 Å². The Labute approximate surface area is 103 Å². The number of hydrogen-bond donors (Lipinski definition) is 4. The van der Waals surface area contributed by atoms with Gasteiger partial charge in [0.1, 0.15) is 12.1 Å². The smallest absolute Gasteiger partial charge is 0.326 e. The Bertz CT molecular complexity index is 326. The van der Waals surface area contributed by atoms with E-state index in [1.807, 2.05) is 0 Å². The number of nitrogens with one attached hydrogen (secondary N) is 2. The molecule has 0 aliphatic carbocycles. The van der Waals surface area contributed by atoms with Crippen LogP contribution < -0.4 is 10.6 Å². The van der Waals surface area contributed by atoms with E-state index in [9.17, 15) is 14.4 Å². The van der Waals surface area contributed by atoms with Crippen molar-refractivity contribution in [2.75, 3.05) is 19.8 Å². The van der Waals surface area contributed by atoms with E-state index >= 15 is 0 Å². The van der Waals surface area contributed by atoms with Gasteiger partial charge in [-0.05, 0) is 6.42 Å². The van der Waals surface area contributed by atoms with Gasteiger partial charge < -0.3 is 25.6 Å². The van der Waals surface area contributed by atoms with Crippen molar-refractivity contribution in [3.05, 3.63) is 0 Å². The fourth-order valence-corrected chi connectivity index (χ4v) is 1.53. The van der Waals surface area contributed by atoms with Crippen LogP contribution in [0.4, 0.5) is 0 Å². The van der Waals surface area contributed by atoms with E-state index in [0.29, 0.717) is 13.2 Å². The molecule has 0 aromatic heterocycles. The van der Waals surface area contributed by atoms with Crippen LogP contribution in [-0.4, -0.2) is 59.9 Å². The van der Waals surface area contributed by atoms with E-state index in [4.69, 9.17) is 14.9 Å². The molecule has 0 spiro atoms. The lowest BCUT2D eigenvalue weighted by atomic mass is 10.1. The summed E-state index contributed by atoms with van der Waals surface area (Å²) in [5.41, 5.74) is 0. The van der Waals surface area contributed by atoms with Gasteiger partial charge in [-0.3, -0.25) is 9.59 Å². The molecule has 8 heteroatoms. The number of aliphatic carboxylic acids is 2. The molecule has 1 unspecified atom stereocenters. The zero-order valence-corrected chi connectivity index (χ0v) is 9.72. The van der Waals surface area contributed by atoms with Gasteiger partial charge in [0.15, 0.2) is 0 Å². The second kappa shape index (κ2) is 6.92. The fraction of sp³-hybridized carbons (Fsp3) is 0.700. The Morgan fingerprint density at radius 2 is 2.11 bits per heavy atom. The molecular weight excluding hydrogens is 244 g/mol. The minimum absolute atomic E-state index is 0.149. The van der Waals surface area contributed by atoms with Gasteiger partial charge in [0.2, 0.25) is 5.91 Å². The highest BCUT2D eigenvalue weighted by atomic mass is 16.5. The van der Waals surface area contributed by atoms with E-state index in [1.165, 1.54) is 0 Å². The Kier molecular flexibility index (Phi) is 5.53. The number of carbonyl (C=O) groups excluding carboxylic acids is 1. The summed E-state index contributed by atoms with van der Waals surface area (Å²) in [5.74, 6) is -2.84. The van der Waals surface area contributed by atoms with Crippen molar-refractivity contribution in [2.24, 2.45) is 0 Å². The van der Waals surface area contributed by atoms with Gasteiger partial charge in [0, 0.05) is 13.0 Å². The first-order chi connectivity index (χ1) is 8.50.